The van der Waals surface area contributed by atoms with Gasteiger partial charge in [-0.05, 0) is 77.9 Å². The van der Waals surface area contributed by atoms with E-state index in [0.717, 1.165) is 25.0 Å². The van der Waals surface area contributed by atoms with Gasteiger partial charge in [-0.1, -0.05) is 22.0 Å². The zero-order valence-corrected chi connectivity index (χ0v) is 13.9. The third-order valence-electron chi connectivity index (χ3n) is 2.49. The maximum Gasteiger partial charge on any atom is 0.102 e. The number of hydrogen-bond acceptors (Lipinski definition) is 2. The van der Waals surface area contributed by atoms with Crippen LogP contribution in [-0.4, -0.2) is 0 Å². The average Bonchev–Trinajstić information content (AvgIpc) is 2.30. The van der Waals surface area contributed by atoms with E-state index < -0.39 is 0 Å². The van der Waals surface area contributed by atoms with E-state index in [9.17, 15) is 0 Å². The summed E-state index contributed by atoms with van der Waals surface area (Å²) in [6, 6.07) is 12.0. The lowest BCUT2D eigenvalue weighted by Crippen LogP contribution is -1.82. The van der Waals surface area contributed by atoms with Crippen molar-refractivity contribution < 1.29 is 0 Å². The van der Waals surface area contributed by atoms with Crippen LogP contribution in [0.2, 0.25) is 0 Å². The second-order valence-corrected chi connectivity index (χ2v) is 6.17. The number of rotatable bonds is 2. The van der Waals surface area contributed by atoms with Crippen LogP contribution in [0.25, 0.3) is 0 Å². The predicted octanol–water partition coefficient (Wildman–Crippen LogP) is 6.09. The van der Waals surface area contributed by atoms with Gasteiger partial charge in [0.2, 0.25) is 0 Å². The van der Waals surface area contributed by atoms with Gasteiger partial charge in [0, 0.05) is 8.04 Å². The van der Waals surface area contributed by atoms with Crippen LogP contribution >= 0.6 is 38.5 Å². The Hall–Kier alpha value is -0.750. The SMILES string of the molecule is Cc1cc(C)c(N=Nc2ccc(Br)cc2)c(I)c1. The number of aryl methyl sites for hydroxylation is 2. The standard InChI is InChI=1S/C14H12BrIN2/c1-9-7-10(2)14(13(16)8-9)18-17-12-5-3-11(15)4-6-12/h3-8H,1-2H3. The number of benzene rings is 2. The van der Waals surface area contributed by atoms with Gasteiger partial charge in [0.05, 0.1) is 5.69 Å². The molecule has 0 unspecified atom stereocenters. The lowest BCUT2D eigenvalue weighted by Gasteiger charge is -2.04. The Labute approximate surface area is 129 Å². The molecule has 0 aliphatic carbocycles. The van der Waals surface area contributed by atoms with Crippen molar-refractivity contribution in [2.45, 2.75) is 13.8 Å². The molecule has 0 radical (unpaired) electrons. The van der Waals surface area contributed by atoms with Crippen LogP contribution in [0.3, 0.4) is 0 Å². The number of halogens is 2. The van der Waals surface area contributed by atoms with Crippen LogP contribution in [0.1, 0.15) is 11.1 Å². The van der Waals surface area contributed by atoms with Gasteiger partial charge in [0.1, 0.15) is 5.69 Å². The number of azo groups is 1. The van der Waals surface area contributed by atoms with Crippen molar-refractivity contribution in [1.29, 1.82) is 0 Å². The van der Waals surface area contributed by atoms with Crippen molar-refractivity contribution in [3.8, 4) is 0 Å². The lowest BCUT2D eigenvalue weighted by molar-refractivity contribution is 1.19. The lowest BCUT2D eigenvalue weighted by atomic mass is 10.1. The van der Waals surface area contributed by atoms with Gasteiger partial charge in [0.25, 0.3) is 0 Å². The highest BCUT2D eigenvalue weighted by atomic mass is 127. The van der Waals surface area contributed by atoms with Crippen LogP contribution in [-0.2, 0) is 0 Å². The van der Waals surface area contributed by atoms with E-state index in [1.165, 1.54) is 5.56 Å². The van der Waals surface area contributed by atoms with Crippen molar-refractivity contribution >= 4 is 49.9 Å². The Morgan fingerprint density at radius 1 is 1.00 bits per heavy atom. The van der Waals surface area contributed by atoms with Gasteiger partial charge in [-0.25, -0.2) is 0 Å². The topological polar surface area (TPSA) is 24.7 Å². The van der Waals surface area contributed by atoms with E-state index in [4.69, 9.17) is 0 Å². The fraction of sp³-hybridized carbons (Fsp3) is 0.143. The molecule has 0 saturated carbocycles. The first-order chi connectivity index (χ1) is 8.56. The molecule has 0 saturated heterocycles. The normalized spacial score (nSPS) is 11.1. The van der Waals surface area contributed by atoms with Gasteiger partial charge < -0.3 is 0 Å². The molecular weight excluding hydrogens is 403 g/mol. The van der Waals surface area contributed by atoms with E-state index in [2.05, 4.69) is 74.7 Å². The van der Waals surface area contributed by atoms with Crippen LogP contribution in [0.4, 0.5) is 11.4 Å². The molecule has 0 bridgehead atoms. The summed E-state index contributed by atoms with van der Waals surface area (Å²) >= 11 is 5.70. The molecule has 18 heavy (non-hydrogen) atoms. The zero-order valence-electron chi connectivity index (χ0n) is 10.1. The zero-order chi connectivity index (χ0) is 13.1. The molecule has 2 rings (SSSR count). The molecule has 0 aliphatic rings. The molecule has 0 aliphatic heterocycles. The summed E-state index contributed by atoms with van der Waals surface area (Å²) < 4.78 is 2.17. The highest BCUT2D eigenvalue weighted by Gasteiger charge is 2.03. The summed E-state index contributed by atoms with van der Waals surface area (Å²) in [5.74, 6) is 0. The molecule has 0 atom stereocenters. The van der Waals surface area contributed by atoms with Crippen molar-refractivity contribution in [2.24, 2.45) is 10.2 Å². The highest BCUT2D eigenvalue weighted by molar-refractivity contribution is 14.1. The maximum atomic E-state index is 4.35. The average molecular weight is 415 g/mol. The quantitative estimate of drug-likeness (QED) is 0.419. The van der Waals surface area contributed by atoms with Gasteiger partial charge in [-0.3, -0.25) is 0 Å². The highest BCUT2D eigenvalue weighted by Crippen LogP contribution is 2.29. The number of nitrogens with zero attached hydrogens (tertiary/aromatic N) is 2. The molecule has 0 spiro atoms. The van der Waals surface area contributed by atoms with Crippen molar-refractivity contribution in [1.82, 2.24) is 0 Å². The van der Waals surface area contributed by atoms with E-state index in [1.807, 2.05) is 24.3 Å². The molecular formula is C14H12BrIN2. The van der Waals surface area contributed by atoms with Crippen molar-refractivity contribution in [3.05, 3.63) is 55.6 Å². The van der Waals surface area contributed by atoms with Crippen molar-refractivity contribution in [2.75, 3.05) is 0 Å². The molecule has 0 N–H and O–H groups in total. The van der Waals surface area contributed by atoms with E-state index in [0.29, 0.717) is 0 Å². The smallest absolute Gasteiger partial charge is 0.102 e. The first kappa shape index (κ1) is 13.7. The van der Waals surface area contributed by atoms with Crippen LogP contribution < -0.4 is 0 Å². The molecule has 0 fully saturated rings. The third kappa shape index (κ3) is 3.38. The van der Waals surface area contributed by atoms with Gasteiger partial charge >= 0.3 is 0 Å². The molecule has 0 amide bonds. The van der Waals surface area contributed by atoms with Crippen molar-refractivity contribution in [3.63, 3.8) is 0 Å². The van der Waals surface area contributed by atoms with Crippen LogP contribution in [0, 0.1) is 17.4 Å². The Bertz CT molecular complexity index is 568. The summed E-state index contributed by atoms with van der Waals surface area (Å²) in [5, 5.41) is 8.62. The van der Waals surface area contributed by atoms with Gasteiger partial charge in [-0.2, -0.15) is 5.11 Å². The Balaban J connectivity index is 2.31. The summed E-state index contributed by atoms with van der Waals surface area (Å²) in [5.41, 5.74) is 4.21. The molecule has 0 aromatic heterocycles. The summed E-state index contributed by atoms with van der Waals surface area (Å²) in [4.78, 5) is 0. The number of hydrogen-bond donors (Lipinski definition) is 0. The van der Waals surface area contributed by atoms with Gasteiger partial charge in [-0.15, -0.1) is 5.11 Å². The summed E-state index contributed by atoms with van der Waals surface area (Å²) in [6.45, 7) is 4.15. The van der Waals surface area contributed by atoms with E-state index in [1.54, 1.807) is 0 Å². The Morgan fingerprint density at radius 2 is 1.67 bits per heavy atom. The molecule has 4 heteroatoms. The van der Waals surface area contributed by atoms with Crippen LogP contribution in [0.5, 0.6) is 0 Å². The Morgan fingerprint density at radius 3 is 2.28 bits per heavy atom. The first-order valence-electron chi connectivity index (χ1n) is 5.50. The van der Waals surface area contributed by atoms with Gasteiger partial charge in [0.15, 0.2) is 0 Å². The summed E-state index contributed by atoms with van der Waals surface area (Å²) in [6.07, 6.45) is 0. The van der Waals surface area contributed by atoms with E-state index in [-0.39, 0.29) is 0 Å². The second-order valence-electron chi connectivity index (χ2n) is 4.09. The fourth-order valence-corrected chi connectivity index (χ4v) is 2.94. The Kier molecular flexibility index (Phi) is 4.50. The fourth-order valence-electron chi connectivity index (χ4n) is 1.65. The van der Waals surface area contributed by atoms with Crippen LogP contribution in [0.15, 0.2) is 51.1 Å². The molecule has 0 heterocycles. The maximum absolute atomic E-state index is 4.35. The third-order valence-corrected chi connectivity index (χ3v) is 3.84. The largest absolute Gasteiger partial charge is 0.151 e. The molecule has 2 nitrogen and oxygen atoms in total. The predicted molar refractivity (Wildman–Crippen MR) is 87.0 cm³/mol. The molecule has 2 aromatic carbocycles. The monoisotopic (exact) mass is 414 g/mol. The minimum Gasteiger partial charge on any atom is -0.151 e. The minimum atomic E-state index is 0.856. The second kappa shape index (κ2) is 5.93. The summed E-state index contributed by atoms with van der Waals surface area (Å²) in [7, 11) is 0. The molecule has 2 aromatic rings. The first-order valence-corrected chi connectivity index (χ1v) is 7.37. The molecule has 92 valence electrons. The minimum absolute atomic E-state index is 0.856. The van der Waals surface area contributed by atoms with E-state index >= 15 is 0 Å².